The molecule has 1 heterocycles. The van der Waals surface area contributed by atoms with Gasteiger partial charge in [0.25, 0.3) is 0 Å². The van der Waals surface area contributed by atoms with Crippen molar-refractivity contribution in [2.75, 3.05) is 6.61 Å². The lowest BCUT2D eigenvalue weighted by Crippen LogP contribution is -2.38. The molecule has 1 aliphatic rings. The van der Waals surface area contributed by atoms with E-state index in [-0.39, 0.29) is 6.10 Å². The second kappa shape index (κ2) is 4.49. The third-order valence-corrected chi connectivity index (χ3v) is 2.76. The highest BCUT2D eigenvalue weighted by Crippen LogP contribution is 2.30. The Kier molecular flexibility index (Phi) is 3.07. The van der Waals surface area contributed by atoms with E-state index >= 15 is 0 Å². The summed E-state index contributed by atoms with van der Waals surface area (Å²) >= 11 is 0. The average molecular weight is 204 g/mol. The number of hydrogen-bond acceptors (Lipinski definition) is 2. The molecule has 1 saturated heterocycles. The van der Waals surface area contributed by atoms with Gasteiger partial charge in [0.2, 0.25) is 0 Å². The first-order valence-electron chi connectivity index (χ1n) is 5.24. The van der Waals surface area contributed by atoms with Crippen LogP contribution in [0, 0.1) is 5.92 Å². The maximum atomic E-state index is 5.58. The molecule has 0 aliphatic carbocycles. The summed E-state index contributed by atoms with van der Waals surface area (Å²) in [5.41, 5.74) is 1.20. The van der Waals surface area contributed by atoms with Gasteiger partial charge in [0.05, 0.1) is 24.9 Å². The number of hydrogen-bond donors (Lipinski definition) is 0. The highest BCUT2D eigenvalue weighted by molar-refractivity contribution is 5.13. The topological polar surface area (TPSA) is 18.5 Å². The summed E-state index contributed by atoms with van der Waals surface area (Å²) in [6.45, 7) is 7.19. The molecule has 0 unspecified atom stereocenters. The Hall–Kier alpha value is -1.28. The van der Waals surface area contributed by atoms with Crippen LogP contribution >= 0.6 is 0 Å². The third kappa shape index (κ3) is 2.39. The van der Waals surface area contributed by atoms with Crippen LogP contribution in [-0.2, 0) is 16.1 Å². The van der Waals surface area contributed by atoms with Gasteiger partial charge in [-0.2, -0.15) is 0 Å². The molecule has 0 amide bonds. The first-order chi connectivity index (χ1) is 7.27. The van der Waals surface area contributed by atoms with Crippen molar-refractivity contribution in [1.82, 2.24) is 0 Å². The molecule has 0 spiro atoms. The van der Waals surface area contributed by atoms with E-state index in [0.717, 1.165) is 5.76 Å². The van der Waals surface area contributed by atoms with Gasteiger partial charge in [0, 0.05) is 0 Å². The summed E-state index contributed by atoms with van der Waals surface area (Å²) in [5.74, 6) is 1.31. The highest BCUT2D eigenvalue weighted by Gasteiger charge is 2.32. The van der Waals surface area contributed by atoms with Crippen molar-refractivity contribution in [2.24, 2.45) is 5.92 Å². The molecule has 1 aromatic rings. The molecule has 0 saturated carbocycles. The van der Waals surface area contributed by atoms with E-state index in [2.05, 4.69) is 25.6 Å². The van der Waals surface area contributed by atoms with Crippen LogP contribution in [-0.4, -0.2) is 12.7 Å². The Morgan fingerprint density at radius 1 is 1.33 bits per heavy atom. The molecule has 1 aliphatic heterocycles. The SMILES string of the molecule is C=C1O[C@H](COCc2ccccc2)[C@H]1C. The van der Waals surface area contributed by atoms with Crippen LogP contribution in [0.3, 0.4) is 0 Å². The minimum absolute atomic E-state index is 0.196. The number of benzene rings is 1. The van der Waals surface area contributed by atoms with E-state index in [0.29, 0.717) is 19.1 Å². The zero-order chi connectivity index (χ0) is 10.7. The van der Waals surface area contributed by atoms with Crippen LogP contribution in [0.1, 0.15) is 12.5 Å². The molecule has 2 heteroatoms. The second-order valence-corrected chi connectivity index (χ2v) is 3.91. The quantitative estimate of drug-likeness (QED) is 0.750. The lowest BCUT2D eigenvalue weighted by Gasteiger charge is -2.36. The second-order valence-electron chi connectivity index (χ2n) is 3.91. The summed E-state index contributed by atoms with van der Waals surface area (Å²) in [5, 5.41) is 0. The predicted molar refractivity (Wildman–Crippen MR) is 59.3 cm³/mol. The highest BCUT2D eigenvalue weighted by atomic mass is 16.6. The molecule has 15 heavy (non-hydrogen) atoms. The summed E-state index contributed by atoms with van der Waals surface area (Å²) in [4.78, 5) is 0. The maximum absolute atomic E-state index is 5.58. The van der Waals surface area contributed by atoms with E-state index in [4.69, 9.17) is 9.47 Å². The van der Waals surface area contributed by atoms with Crippen molar-refractivity contribution in [3.8, 4) is 0 Å². The third-order valence-electron chi connectivity index (χ3n) is 2.76. The fraction of sp³-hybridized carbons (Fsp3) is 0.385. The van der Waals surface area contributed by atoms with Crippen molar-refractivity contribution in [3.63, 3.8) is 0 Å². The summed E-state index contributed by atoms with van der Waals surface area (Å²) in [7, 11) is 0. The van der Waals surface area contributed by atoms with Gasteiger partial charge in [-0.1, -0.05) is 43.8 Å². The Labute approximate surface area is 90.5 Å². The van der Waals surface area contributed by atoms with Gasteiger partial charge in [-0.3, -0.25) is 0 Å². The fourth-order valence-corrected chi connectivity index (χ4v) is 1.58. The number of ether oxygens (including phenoxy) is 2. The van der Waals surface area contributed by atoms with Crippen molar-refractivity contribution in [3.05, 3.63) is 48.2 Å². The Bertz CT molecular complexity index is 332. The molecular formula is C13H16O2. The minimum atomic E-state index is 0.196. The molecule has 0 radical (unpaired) electrons. The van der Waals surface area contributed by atoms with Crippen LogP contribution in [0.4, 0.5) is 0 Å². The van der Waals surface area contributed by atoms with Crippen molar-refractivity contribution >= 4 is 0 Å². The lowest BCUT2D eigenvalue weighted by molar-refractivity contribution is -0.0862. The molecule has 1 fully saturated rings. The van der Waals surface area contributed by atoms with Crippen LogP contribution in [0.25, 0.3) is 0 Å². The van der Waals surface area contributed by atoms with Crippen molar-refractivity contribution < 1.29 is 9.47 Å². The first kappa shape index (κ1) is 10.2. The van der Waals surface area contributed by atoms with Crippen LogP contribution in [0.15, 0.2) is 42.7 Å². The van der Waals surface area contributed by atoms with Gasteiger partial charge in [-0.05, 0) is 5.56 Å². The largest absolute Gasteiger partial charge is 0.492 e. The fourth-order valence-electron chi connectivity index (χ4n) is 1.58. The van der Waals surface area contributed by atoms with Crippen LogP contribution in [0.5, 0.6) is 0 Å². The molecule has 0 N–H and O–H groups in total. The Morgan fingerprint density at radius 3 is 2.67 bits per heavy atom. The summed E-state index contributed by atoms with van der Waals surface area (Å²) < 4.78 is 10.9. The van der Waals surface area contributed by atoms with Gasteiger partial charge in [-0.15, -0.1) is 0 Å². The Balaban J connectivity index is 1.70. The standard InChI is InChI=1S/C13H16O2/c1-10-11(2)15-13(10)9-14-8-12-6-4-3-5-7-12/h3-7,10,13H,2,8-9H2,1H3/t10-,13+/m0/s1. The van der Waals surface area contributed by atoms with E-state index < -0.39 is 0 Å². The monoisotopic (exact) mass is 204 g/mol. The van der Waals surface area contributed by atoms with E-state index in [1.807, 2.05) is 18.2 Å². The summed E-state index contributed by atoms with van der Waals surface area (Å²) in [6.07, 6.45) is 0.196. The zero-order valence-electron chi connectivity index (χ0n) is 8.98. The number of rotatable bonds is 4. The first-order valence-corrected chi connectivity index (χ1v) is 5.24. The van der Waals surface area contributed by atoms with Gasteiger partial charge >= 0.3 is 0 Å². The van der Waals surface area contributed by atoms with E-state index in [9.17, 15) is 0 Å². The minimum Gasteiger partial charge on any atom is -0.492 e. The lowest BCUT2D eigenvalue weighted by atomic mass is 9.98. The molecule has 0 bridgehead atoms. The molecular weight excluding hydrogens is 188 g/mol. The van der Waals surface area contributed by atoms with Crippen molar-refractivity contribution in [2.45, 2.75) is 19.6 Å². The predicted octanol–water partition coefficient (Wildman–Crippen LogP) is 2.75. The van der Waals surface area contributed by atoms with Gasteiger partial charge in [0.15, 0.2) is 0 Å². The molecule has 0 aromatic heterocycles. The molecule has 1 aromatic carbocycles. The van der Waals surface area contributed by atoms with Gasteiger partial charge < -0.3 is 9.47 Å². The molecule has 80 valence electrons. The summed E-state index contributed by atoms with van der Waals surface area (Å²) in [6, 6.07) is 10.2. The average Bonchev–Trinajstić information content (AvgIpc) is 2.29. The van der Waals surface area contributed by atoms with Crippen LogP contribution in [0.2, 0.25) is 0 Å². The van der Waals surface area contributed by atoms with E-state index in [1.54, 1.807) is 0 Å². The molecule has 2 nitrogen and oxygen atoms in total. The zero-order valence-corrected chi connectivity index (χ0v) is 8.98. The molecule has 2 rings (SSSR count). The van der Waals surface area contributed by atoms with Crippen molar-refractivity contribution in [1.29, 1.82) is 0 Å². The Morgan fingerprint density at radius 2 is 2.07 bits per heavy atom. The smallest absolute Gasteiger partial charge is 0.131 e. The normalized spacial score (nSPS) is 24.5. The van der Waals surface area contributed by atoms with Gasteiger partial charge in [-0.25, -0.2) is 0 Å². The maximum Gasteiger partial charge on any atom is 0.131 e. The van der Waals surface area contributed by atoms with E-state index in [1.165, 1.54) is 5.56 Å². The molecule has 2 atom stereocenters. The van der Waals surface area contributed by atoms with Crippen LogP contribution < -0.4 is 0 Å². The van der Waals surface area contributed by atoms with Gasteiger partial charge in [0.1, 0.15) is 6.10 Å².